The Morgan fingerprint density at radius 1 is 1.02 bits per heavy atom. The number of ketones is 1. The maximum absolute atomic E-state index is 16.3. The number of aromatic nitrogens is 3. The lowest BCUT2D eigenvalue weighted by Gasteiger charge is -2.23. The summed E-state index contributed by atoms with van der Waals surface area (Å²) in [6, 6.07) is 16.9. The van der Waals surface area contributed by atoms with Crippen LogP contribution in [0.4, 0.5) is 10.1 Å². The van der Waals surface area contributed by atoms with Gasteiger partial charge in [0.05, 0.1) is 35.6 Å². The molecule has 1 saturated carbocycles. The first-order valence-corrected chi connectivity index (χ1v) is 15.7. The normalized spacial score (nSPS) is 16.4. The number of Topliss-reactive ketones (excluding diaryl/α,β-unsaturated/α-hetero) is 1. The largest absolute Gasteiger partial charge is 0.489 e. The number of nitrogens with one attached hydrogen (secondary N) is 1. The van der Waals surface area contributed by atoms with E-state index in [0.29, 0.717) is 47.2 Å². The van der Waals surface area contributed by atoms with Crippen molar-refractivity contribution in [2.45, 2.75) is 64.6 Å². The van der Waals surface area contributed by atoms with Gasteiger partial charge < -0.3 is 23.9 Å². The highest BCUT2D eigenvalue weighted by Gasteiger charge is 2.27. The topological polar surface area (TPSA) is 96.1 Å². The van der Waals surface area contributed by atoms with Gasteiger partial charge >= 0.3 is 0 Å². The van der Waals surface area contributed by atoms with Crippen LogP contribution in [0, 0.1) is 5.82 Å². The summed E-state index contributed by atoms with van der Waals surface area (Å²) in [7, 11) is 0. The summed E-state index contributed by atoms with van der Waals surface area (Å²) in [5, 5.41) is 7.22. The van der Waals surface area contributed by atoms with Crippen molar-refractivity contribution in [2.75, 3.05) is 11.9 Å². The van der Waals surface area contributed by atoms with Gasteiger partial charge in [0.1, 0.15) is 12.4 Å². The predicted octanol–water partition coefficient (Wildman–Crippen LogP) is 7.35. The molecule has 4 heterocycles. The number of halogens is 1. The number of amides is 1. The van der Waals surface area contributed by atoms with Gasteiger partial charge in [0, 0.05) is 48.0 Å². The maximum atomic E-state index is 16.3. The molecule has 3 aromatic heterocycles. The lowest BCUT2D eigenvalue weighted by Crippen LogP contribution is -2.22. The number of anilines is 1. The standard InChI is InChI=1S/C36H35FN4O5/c1-23(42)30-20-40-13-12-28(45-21-24-7-3-2-4-8-24)17-32(40)34(30)36(43)39-31-16-25(22-46-33-9-5-6-14-44-33)15-29(35(31)37)26-18-38-41(19-26)27-10-11-27/h2-4,7-8,12-13,15-20,27,33H,5-6,9-11,14,21-22H2,1H3,(H,39,43). The minimum atomic E-state index is -0.611. The van der Waals surface area contributed by atoms with Crippen molar-refractivity contribution in [3.63, 3.8) is 0 Å². The highest BCUT2D eigenvalue weighted by atomic mass is 19.1. The Bertz CT molecular complexity index is 1890. The third kappa shape index (κ3) is 6.45. The van der Waals surface area contributed by atoms with Gasteiger partial charge in [-0.25, -0.2) is 4.39 Å². The summed E-state index contributed by atoms with van der Waals surface area (Å²) >= 11 is 0. The number of hydrogen-bond acceptors (Lipinski definition) is 6. The van der Waals surface area contributed by atoms with Gasteiger partial charge in [0.25, 0.3) is 5.91 Å². The van der Waals surface area contributed by atoms with Crippen molar-refractivity contribution >= 4 is 22.9 Å². The molecule has 1 N–H and O–H groups in total. The first-order chi connectivity index (χ1) is 22.4. The number of benzene rings is 2. The molecule has 2 aromatic carbocycles. The maximum Gasteiger partial charge on any atom is 0.258 e. The summed E-state index contributed by atoms with van der Waals surface area (Å²) < 4.78 is 37.6. The van der Waals surface area contributed by atoms with Crippen LogP contribution in [0.15, 0.2) is 79.4 Å². The molecule has 10 heteroatoms. The lowest BCUT2D eigenvalue weighted by molar-refractivity contribution is -0.168. The van der Waals surface area contributed by atoms with E-state index in [-0.39, 0.29) is 35.5 Å². The first kappa shape index (κ1) is 29.9. The van der Waals surface area contributed by atoms with Gasteiger partial charge in [0.2, 0.25) is 0 Å². The predicted molar refractivity (Wildman–Crippen MR) is 170 cm³/mol. The van der Waals surface area contributed by atoms with E-state index in [4.69, 9.17) is 14.2 Å². The number of ether oxygens (including phenoxy) is 3. The van der Waals surface area contributed by atoms with Crippen molar-refractivity contribution in [3.05, 3.63) is 107 Å². The molecular formula is C36H35FN4O5. The van der Waals surface area contributed by atoms with E-state index in [1.807, 2.05) is 41.2 Å². The zero-order valence-electron chi connectivity index (χ0n) is 25.6. The van der Waals surface area contributed by atoms with Crippen LogP contribution in [0.5, 0.6) is 5.75 Å². The minimum absolute atomic E-state index is 0.0184. The zero-order valence-corrected chi connectivity index (χ0v) is 25.6. The number of carbonyl (C=O) groups excluding carboxylic acids is 2. The second-order valence-corrected chi connectivity index (χ2v) is 11.9. The number of carbonyl (C=O) groups is 2. The molecule has 5 aromatic rings. The van der Waals surface area contributed by atoms with Gasteiger partial charge in [-0.3, -0.25) is 14.3 Å². The third-order valence-corrected chi connectivity index (χ3v) is 8.39. The molecule has 46 heavy (non-hydrogen) atoms. The van der Waals surface area contributed by atoms with Gasteiger partial charge in [0.15, 0.2) is 17.9 Å². The second kappa shape index (κ2) is 12.9. The third-order valence-electron chi connectivity index (χ3n) is 8.39. The van der Waals surface area contributed by atoms with Crippen molar-refractivity contribution in [2.24, 2.45) is 0 Å². The Kier molecular flexibility index (Phi) is 8.38. The zero-order chi connectivity index (χ0) is 31.6. The first-order valence-electron chi connectivity index (χ1n) is 15.7. The van der Waals surface area contributed by atoms with Gasteiger partial charge in [-0.1, -0.05) is 30.3 Å². The average Bonchev–Trinajstić information content (AvgIpc) is 3.67. The molecule has 0 radical (unpaired) electrons. The molecule has 9 nitrogen and oxygen atoms in total. The second-order valence-electron chi connectivity index (χ2n) is 11.9. The Morgan fingerprint density at radius 2 is 1.87 bits per heavy atom. The molecule has 7 rings (SSSR count). The van der Waals surface area contributed by atoms with Crippen LogP contribution in [0.3, 0.4) is 0 Å². The van der Waals surface area contributed by atoms with Crippen LogP contribution >= 0.6 is 0 Å². The summed E-state index contributed by atoms with van der Waals surface area (Å²) in [5.74, 6) is -0.964. The highest BCUT2D eigenvalue weighted by Crippen LogP contribution is 2.37. The quantitative estimate of drug-likeness (QED) is 0.155. The van der Waals surface area contributed by atoms with Crippen molar-refractivity contribution in [1.29, 1.82) is 0 Å². The molecule has 0 spiro atoms. The SMILES string of the molecule is CC(=O)c1cn2ccc(OCc3ccccc3)cc2c1C(=O)Nc1cc(COC2CCCCO2)cc(-c2cnn(C3CC3)c2)c1F. The molecule has 0 bridgehead atoms. The van der Waals surface area contributed by atoms with E-state index >= 15 is 4.39 Å². The summed E-state index contributed by atoms with van der Waals surface area (Å²) in [6.45, 7) is 2.56. The fraction of sp³-hybridized carbons (Fsp3) is 0.306. The number of fused-ring (bicyclic) bond motifs is 1. The van der Waals surface area contributed by atoms with Crippen LogP contribution in [-0.4, -0.2) is 38.8 Å². The molecule has 1 saturated heterocycles. The van der Waals surface area contributed by atoms with E-state index in [0.717, 1.165) is 37.7 Å². The van der Waals surface area contributed by atoms with Gasteiger partial charge in [-0.15, -0.1) is 0 Å². The van der Waals surface area contributed by atoms with E-state index in [9.17, 15) is 9.59 Å². The van der Waals surface area contributed by atoms with Crippen molar-refractivity contribution < 1.29 is 28.2 Å². The van der Waals surface area contributed by atoms with Gasteiger partial charge in [-0.2, -0.15) is 5.10 Å². The fourth-order valence-electron chi connectivity index (χ4n) is 5.78. The van der Waals surface area contributed by atoms with Crippen LogP contribution < -0.4 is 10.1 Å². The van der Waals surface area contributed by atoms with Crippen molar-refractivity contribution in [3.8, 4) is 16.9 Å². The fourth-order valence-corrected chi connectivity index (χ4v) is 5.78. The molecular weight excluding hydrogens is 587 g/mol. The Labute approximate surface area is 265 Å². The number of hydrogen-bond donors (Lipinski definition) is 1. The van der Waals surface area contributed by atoms with Crippen LogP contribution in [0.2, 0.25) is 0 Å². The van der Waals surface area contributed by atoms with E-state index in [1.165, 1.54) is 6.92 Å². The number of nitrogens with zero attached hydrogens (tertiary/aromatic N) is 3. The Morgan fingerprint density at radius 3 is 2.63 bits per heavy atom. The minimum Gasteiger partial charge on any atom is -0.489 e. The molecule has 1 atom stereocenters. The average molecular weight is 623 g/mol. The summed E-state index contributed by atoms with van der Waals surface area (Å²) in [5.41, 5.74) is 3.38. The van der Waals surface area contributed by atoms with Crippen molar-refractivity contribution in [1.82, 2.24) is 14.2 Å². The molecule has 1 aliphatic heterocycles. The van der Waals surface area contributed by atoms with E-state index in [1.54, 1.807) is 47.3 Å². The monoisotopic (exact) mass is 622 g/mol. The summed E-state index contributed by atoms with van der Waals surface area (Å²) in [4.78, 5) is 26.7. The van der Waals surface area contributed by atoms with Gasteiger partial charge in [-0.05, 0) is 68.4 Å². The molecule has 1 aliphatic carbocycles. The number of pyridine rings is 1. The Balaban J connectivity index is 1.21. The smallest absolute Gasteiger partial charge is 0.258 e. The van der Waals surface area contributed by atoms with E-state index < -0.39 is 11.7 Å². The van der Waals surface area contributed by atoms with Crippen LogP contribution in [0.1, 0.15) is 76.9 Å². The lowest BCUT2D eigenvalue weighted by atomic mass is 10.0. The molecule has 1 unspecified atom stereocenters. The summed E-state index contributed by atoms with van der Waals surface area (Å²) in [6.07, 6.45) is 11.4. The molecule has 2 aliphatic rings. The highest BCUT2D eigenvalue weighted by molar-refractivity contribution is 6.16. The van der Waals surface area contributed by atoms with E-state index in [2.05, 4.69) is 10.4 Å². The van der Waals surface area contributed by atoms with Crippen LogP contribution in [-0.2, 0) is 22.7 Å². The molecule has 2 fully saturated rings. The Hall–Kier alpha value is -4.80. The van der Waals surface area contributed by atoms with Crippen LogP contribution in [0.25, 0.3) is 16.6 Å². The number of rotatable bonds is 11. The molecule has 236 valence electrons. The molecule has 1 amide bonds.